The molecule has 4 rings (SSSR count). The van der Waals surface area contributed by atoms with Crippen LogP contribution in [0.3, 0.4) is 0 Å². The molecule has 3 heterocycles. The van der Waals surface area contributed by atoms with Gasteiger partial charge in [-0.2, -0.15) is 5.09 Å². The topological polar surface area (TPSA) is 167 Å². The Labute approximate surface area is 205 Å². The zero-order valence-electron chi connectivity index (χ0n) is 19.7. The summed E-state index contributed by atoms with van der Waals surface area (Å²) in [5.74, 6) is -0.236. The van der Waals surface area contributed by atoms with Crippen molar-refractivity contribution in [2.45, 2.75) is 45.2 Å². The summed E-state index contributed by atoms with van der Waals surface area (Å²) >= 11 is 0. The fraction of sp³-hybridized carbons (Fsp3) is 0.364. The van der Waals surface area contributed by atoms with Crippen LogP contribution in [0, 0.1) is 0 Å². The molecular formula is C22H26N5O8P. The van der Waals surface area contributed by atoms with Crippen LogP contribution in [-0.4, -0.2) is 55.5 Å². The molecule has 0 saturated carbocycles. The largest absolute Gasteiger partial charge is 0.469 e. The normalized spacial score (nSPS) is 20.0. The molecule has 0 spiro atoms. The second kappa shape index (κ2) is 10.6. The molecule has 1 aromatic carbocycles. The van der Waals surface area contributed by atoms with E-state index in [-0.39, 0.29) is 35.4 Å². The van der Waals surface area contributed by atoms with Gasteiger partial charge in [0.15, 0.2) is 11.2 Å². The van der Waals surface area contributed by atoms with E-state index in [1.807, 2.05) is 0 Å². The highest BCUT2D eigenvalue weighted by Gasteiger charge is 2.36. The van der Waals surface area contributed by atoms with Crippen LogP contribution in [-0.2, 0) is 23.4 Å². The fourth-order valence-corrected chi connectivity index (χ4v) is 4.83. The van der Waals surface area contributed by atoms with Crippen LogP contribution in [0.25, 0.3) is 11.2 Å². The Balaban J connectivity index is 1.48. The molecule has 0 radical (unpaired) electrons. The third kappa shape index (κ3) is 5.82. The minimum atomic E-state index is -4.12. The average molecular weight is 519 g/mol. The standard InChI is InChI=1S/C22H26N5O8P/c1-13(2)33-22(30)14(3)26-36(31,35-15-7-5-4-6-8-15)32-10-16-9-17(28)21(34-16)27-12-25-18-19(27)23-11-24-20(18)29/h4-9,11-14,17,21,28H,10H2,1-3H3,(H,26,31)(H,23,24,29)/t14-,17+,21+,36-/m0/s1. The number of imidazole rings is 1. The third-order valence-corrected chi connectivity index (χ3v) is 6.59. The van der Waals surface area contributed by atoms with Crippen molar-refractivity contribution in [2.75, 3.05) is 6.61 Å². The number of para-hydroxylation sites is 1. The van der Waals surface area contributed by atoms with Crippen LogP contribution in [0.2, 0.25) is 0 Å². The van der Waals surface area contributed by atoms with E-state index in [0.717, 1.165) is 0 Å². The highest BCUT2D eigenvalue weighted by atomic mass is 31.2. The van der Waals surface area contributed by atoms with Crippen molar-refractivity contribution in [2.24, 2.45) is 0 Å². The van der Waals surface area contributed by atoms with Gasteiger partial charge in [-0.3, -0.25) is 18.7 Å². The van der Waals surface area contributed by atoms with Gasteiger partial charge in [0.25, 0.3) is 5.56 Å². The Bertz CT molecular complexity index is 1360. The molecule has 0 amide bonds. The highest BCUT2D eigenvalue weighted by molar-refractivity contribution is 7.52. The van der Waals surface area contributed by atoms with E-state index in [2.05, 4.69) is 20.0 Å². The second-order valence-electron chi connectivity index (χ2n) is 8.20. The Morgan fingerprint density at radius 1 is 1.28 bits per heavy atom. The molecule has 1 aliphatic rings. The van der Waals surface area contributed by atoms with Gasteiger partial charge in [-0.05, 0) is 39.0 Å². The van der Waals surface area contributed by atoms with Crippen molar-refractivity contribution >= 4 is 24.9 Å². The summed E-state index contributed by atoms with van der Waals surface area (Å²) in [7, 11) is -4.12. The number of benzene rings is 1. The third-order valence-electron chi connectivity index (χ3n) is 4.96. The predicted octanol–water partition coefficient (Wildman–Crippen LogP) is 2.03. The lowest BCUT2D eigenvalue weighted by atomic mass is 10.3. The van der Waals surface area contributed by atoms with E-state index in [0.29, 0.717) is 0 Å². The number of aliphatic hydroxyl groups is 1. The maximum atomic E-state index is 13.6. The summed E-state index contributed by atoms with van der Waals surface area (Å²) in [4.78, 5) is 34.7. The van der Waals surface area contributed by atoms with Crippen molar-refractivity contribution in [3.8, 4) is 5.75 Å². The Morgan fingerprint density at radius 2 is 2.03 bits per heavy atom. The number of hydrogen-bond donors (Lipinski definition) is 3. The average Bonchev–Trinajstić information content (AvgIpc) is 3.41. The van der Waals surface area contributed by atoms with Crippen LogP contribution in [0.5, 0.6) is 5.75 Å². The van der Waals surface area contributed by atoms with Gasteiger partial charge in [0, 0.05) is 0 Å². The molecule has 36 heavy (non-hydrogen) atoms. The van der Waals surface area contributed by atoms with Gasteiger partial charge in [-0.1, -0.05) is 18.2 Å². The first-order chi connectivity index (χ1) is 17.1. The van der Waals surface area contributed by atoms with Crippen LogP contribution >= 0.6 is 7.75 Å². The van der Waals surface area contributed by atoms with Gasteiger partial charge in [0.1, 0.15) is 36.6 Å². The number of ether oxygens (including phenoxy) is 2. The highest BCUT2D eigenvalue weighted by Crippen LogP contribution is 2.46. The number of aromatic nitrogens is 4. The maximum absolute atomic E-state index is 13.6. The monoisotopic (exact) mass is 519 g/mol. The van der Waals surface area contributed by atoms with E-state index < -0.39 is 37.6 Å². The van der Waals surface area contributed by atoms with Gasteiger partial charge in [-0.15, -0.1) is 0 Å². The number of nitrogens with zero attached hydrogens (tertiary/aromatic N) is 3. The van der Waals surface area contributed by atoms with Crippen LogP contribution in [0.15, 0.2) is 59.6 Å². The van der Waals surface area contributed by atoms with Crippen LogP contribution in [0.1, 0.15) is 27.0 Å². The number of rotatable bonds is 10. The Morgan fingerprint density at radius 3 is 2.75 bits per heavy atom. The van der Waals surface area contributed by atoms with Crippen LogP contribution in [0.4, 0.5) is 0 Å². The molecule has 3 aromatic rings. The van der Waals surface area contributed by atoms with E-state index >= 15 is 0 Å². The lowest BCUT2D eigenvalue weighted by molar-refractivity contribution is -0.149. The summed E-state index contributed by atoms with van der Waals surface area (Å²) in [5.41, 5.74) is -0.126. The van der Waals surface area contributed by atoms with E-state index in [9.17, 15) is 19.3 Å². The first-order valence-corrected chi connectivity index (χ1v) is 12.6. The van der Waals surface area contributed by atoms with Gasteiger partial charge >= 0.3 is 13.7 Å². The molecule has 0 fully saturated rings. The van der Waals surface area contributed by atoms with Gasteiger partial charge < -0.3 is 24.1 Å². The summed E-state index contributed by atoms with van der Waals surface area (Å²) in [6.45, 7) is 4.50. The lowest BCUT2D eigenvalue weighted by Gasteiger charge is -2.24. The molecule has 1 aliphatic heterocycles. The summed E-state index contributed by atoms with van der Waals surface area (Å²) < 4.78 is 37.1. The first-order valence-electron chi connectivity index (χ1n) is 11.1. The number of H-pyrrole nitrogens is 1. The Hall–Kier alpha value is -3.51. The van der Waals surface area contributed by atoms with Crippen molar-refractivity contribution < 1.29 is 33.0 Å². The first kappa shape index (κ1) is 25.6. The molecular weight excluding hydrogens is 493 g/mol. The number of nitrogens with one attached hydrogen (secondary N) is 2. The molecule has 13 nitrogen and oxygen atoms in total. The number of carbonyl (C=O) groups excluding carboxylic acids is 1. The number of hydrogen-bond acceptors (Lipinski definition) is 10. The molecule has 4 atom stereocenters. The second-order valence-corrected chi connectivity index (χ2v) is 9.89. The van der Waals surface area contributed by atoms with Gasteiger partial charge in [0.2, 0.25) is 6.23 Å². The zero-order chi connectivity index (χ0) is 25.9. The summed E-state index contributed by atoms with van der Waals surface area (Å²) in [6, 6.07) is 7.29. The van der Waals surface area contributed by atoms with Crippen molar-refractivity contribution in [3.63, 3.8) is 0 Å². The van der Waals surface area contributed by atoms with E-state index in [4.69, 9.17) is 18.5 Å². The summed E-state index contributed by atoms with van der Waals surface area (Å²) in [6.07, 6.45) is 1.43. The van der Waals surface area contributed by atoms with Gasteiger partial charge in [0.05, 0.1) is 12.4 Å². The van der Waals surface area contributed by atoms with Gasteiger partial charge in [-0.25, -0.2) is 14.5 Å². The molecule has 0 unspecified atom stereocenters. The molecule has 0 aliphatic carbocycles. The molecule has 14 heteroatoms. The quantitative estimate of drug-likeness (QED) is 0.265. The lowest BCUT2D eigenvalue weighted by Crippen LogP contribution is -2.36. The predicted molar refractivity (Wildman–Crippen MR) is 127 cm³/mol. The SMILES string of the molecule is CC(C)OC(=O)[C@H](C)N[P@](=O)(OCC1=C[C@@H](O)[C@H](n2cnc3c(=O)[nH]cnc32)O1)Oc1ccccc1. The van der Waals surface area contributed by atoms with Crippen molar-refractivity contribution in [1.82, 2.24) is 24.6 Å². The Kier molecular flexibility index (Phi) is 7.55. The minimum absolute atomic E-state index is 0.0882. The number of carbonyl (C=O) groups is 1. The minimum Gasteiger partial charge on any atom is -0.469 e. The molecule has 2 aromatic heterocycles. The van der Waals surface area contributed by atoms with Crippen molar-refractivity contribution in [1.29, 1.82) is 0 Å². The van der Waals surface area contributed by atoms with E-state index in [1.165, 1.54) is 30.2 Å². The molecule has 3 N–H and O–H groups in total. The molecule has 192 valence electrons. The van der Waals surface area contributed by atoms with Crippen LogP contribution < -0.4 is 15.2 Å². The number of aromatic amines is 1. The maximum Gasteiger partial charge on any atom is 0.459 e. The number of fused-ring (bicyclic) bond motifs is 1. The molecule has 0 saturated heterocycles. The fourth-order valence-electron chi connectivity index (χ4n) is 3.37. The smallest absolute Gasteiger partial charge is 0.459 e. The summed E-state index contributed by atoms with van der Waals surface area (Å²) in [5, 5.41) is 13.1. The molecule has 0 bridgehead atoms. The van der Waals surface area contributed by atoms with Crippen molar-refractivity contribution in [3.05, 3.63) is 65.2 Å². The van der Waals surface area contributed by atoms with E-state index in [1.54, 1.807) is 44.2 Å². The number of esters is 1. The number of aliphatic hydroxyl groups excluding tert-OH is 1. The zero-order valence-corrected chi connectivity index (χ0v) is 20.6.